The van der Waals surface area contributed by atoms with Gasteiger partial charge in [-0.25, -0.2) is 0 Å². The minimum Gasteiger partial charge on any atom is -0.492 e. The predicted octanol–water partition coefficient (Wildman–Crippen LogP) is 32.1. The maximum absolute atomic E-state index is 12.4. The van der Waals surface area contributed by atoms with Gasteiger partial charge in [-0.05, 0) is 172 Å². The molecule has 0 bridgehead atoms. The highest BCUT2D eigenvalue weighted by Crippen LogP contribution is 2.41. The Kier molecular flexibility index (Phi) is 41.9. The van der Waals surface area contributed by atoms with Crippen LogP contribution in [-0.4, -0.2) is 36.6 Å². The van der Waals surface area contributed by atoms with Crippen LogP contribution in [0, 0.1) is 71.0 Å². The van der Waals surface area contributed by atoms with Crippen molar-refractivity contribution >= 4 is 0 Å². The highest BCUT2D eigenvalue weighted by atomic mass is 16.5. The van der Waals surface area contributed by atoms with Crippen molar-refractivity contribution in [3.8, 4) is 116 Å². The zero-order valence-electron chi connectivity index (χ0n) is 82.0. The molecule has 0 unspecified atom stereocenters. The first-order valence-corrected chi connectivity index (χ1v) is 51.4. The van der Waals surface area contributed by atoms with Crippen molar-refractivity contribution in [2.45, 2.75) is 244 Å². The SMILES string of the molecule is CCCCCCCCCCOc1cc(C#Cc2cccc(C#Cc3cc(OCCCCCCCCCC)c(C#Cc4ccc(C#Cc5ccc(-c6ccc(C(O)(c7ccccc7)c7ccccc7)cc6)cc5)cc4)cc3OCCCCCCCCCC)c2)c(OCCCCCCCCCC)cc1C#Cc1ccc(C#Cc2ccc(-c3ccc(C(O)(c4ccccc4)c4ccccc4)cc3)cc2)cc1. The van der Waals surface area contributed by atoms with Gasteiger partial charge in [-0.2, -0.15) is 0 Å². The number of unbranched alkanes of at least 4 members (excludes halogenated alkanes) is 28. The van der Waals surface area contributed by atoms with Crippen LogP contribution in [0.2, 0.25) is 0 Å². The fraction of sp³-hybridized carbons (Fsp3) is 0.318. The summed E-state index contributed by atoms with van der Waals surface area (Å²) in [6.07, 6.45) is 38.3. The first kappa shape index (κ1) is 102. The van der Waals surface area contributed by atoms with Gasteiger partial charge in [0.2, 0.25) is 0 Å². The lowest BCUT2D eigenvalue weighted by Crippen LogP contribution is -2.28. The molecule has 0 fully saturated rings. The van der Waals surface area contributed by atoms with E-state index in [9.17, 15) is 10.2 Å². The van der Waals surface area contributed by atoms with Gasteiger partial charge in [-0.15, -0.1) is 0 Å². The molecule has 0 saturated carbocycles. The third kappa shape index (κ3) is 31.7. The van der Waals surface area contributed by atoms with Crippen molar-refractivity contribution in [3.63, 3.8) is 0 Å². The van der Waals surface area contributed by atoms with Crippen LogP contribution in [-0.2, 0) is 11.2 Å². The van der Waals surface area contributed by atoms with Gasteiger partial charge in [-0.3, -0.25) is 0 Å². The minimum atomic E-state index is -1.30. The number of aliphatic hydroxyl groups is 2. The summed E-state index contributed by atoms with van der Waals surface area (Å²) in [5, 5.41) is 24.8. The quantitative estimate of drug-likeness (QED) is 0.0225. The van der Waals surface area contributed by atoms with Crippen molar-refractivity contribution in [1.82, 2.24) is 0 Å². The zero-order chi connectivity index (χ0) is 95.6. The normalized spacial score (nSPS) is 10.9. The van der Waals surface area contributed by atoms with Crippen LogP contribution in [0.1, 0.15) is 333 Å². The van der Waals surface area contributed by atoms with Gasteiger partial charge in [0, 0.05) is 68.8 Å². The van der Waals surface area contributed by atoms with E-state index in [0.29, 0.717) is 49.4 Å². The highest BCUT2D eigenvalue weighted by Gasteiger charge is 2.35. The average molecular weight is 1820 g/mol. The molecule has 0 spiro atoms. The van der Waals surface area contributed by atoms with Crippen molar-refractivity contribution in [1.29, 1.82) is 0 Å². The van der Waals surface area contributed by atoms with Gasteiger partial charge in [0.1, 0.15) is 34.2 Å². The Morgan fingerprint density at radius 3 is 0.580 bits per heavy atom. The molecular weight excluding hydrogens is 1680 g/mol. The molecule has 0 radical (unpaired) electrons. The second kappa shape index (κ2) is 56.8. The largest absolute Gasteiger partial charge is 0.492 e. The van der Waals surface area contributed by atoms with E-state index in [4.69, 9.17) is 18.9 Å². The highest BCUT2D eigenvalue weighted by molar-refractivity contribution is 5.69. The second-order valence-corrected chi connectivity index (χ2v) is 36.4. The van der Waals surface area contributed by atoms with E-state index in [2.05, 4.69) is 178 Å². The maximum atomic E-state index is 12.4. The molecule has 138 heavy (non-hydrogen) atoms. The smallest absolute Gasteiger partial charge is 0.140 e. The number of hydrogen-bond acceptors (Lipinski definition) is 6. The lowest BCUT2D eigenvalue weighted by molar-refractivity contribution is 0.125. The van der Waals surface area contributed by atoms with E-state index >= 15 is 0 Å². The van der Waals surface area contributed by atoms with Gasteiger partial charge >= 0.3 is 0 Å². The predicted molar refractivity (Wildman–Crippen MR) is 574 cm³/mol. The van der Waals surface area contributed by atoms with Gasteiger partial charge in [0.25, 0.3) is 0 Å². The molecule has 13 rings (SSSR count). The molecule has 0 aliphatic rings. The first-order valence-electron chi connectivity index (χ1n) is 51.4. The molecule has 6 nitrogen and oxygen atoms in total. The van der Waals surface area contributed by atoms with Crippen LogP contribution in [0.15, 0.2) is 315 Å². The maximum Gasteiger partial charge on any atom is 0.140 e. The molecule has 0 saturated heterocycles. The lowest BCUT2D eigenvalue weighted by Gasteiger charge is -2.30. The van der Waals surface area contributed by atoms with E-state index in [1.165, 1.54) is 154 Å². The molecule has 13 aromatic rings. The summed E-state index contributed by atoms with van der Waals surface area (Å²) in [6.45, 7) is 11.3. The summed E-state index contributed by atoms with van der Waals surface area (Å²) >= 11 is 0. The van der Waals surface area contributed by atoms with Gasteiger partial charge < -0.3 is 29.2 Å². The number of ether oxygens (including phenoxy) is 4. The molecule has 2 N–H and O–H groups in total. The molecular formula is C132H138O6. The Bertz CT molecular complexity index is 5800. The van der Waals surface area contributed by atoms with Crippen LogP contribution in [0.5, 0.6) is 23.0 Å². The fourth-order valence-corrected chi connectivity index (χ4v) is 17.5. The summed E-state index contributed by atoms with van der Waals surface area (Å²) < 4.78 is 27.2. The standard InChI is InChI=1S/C132H138O6/c1-5-9-13-17-21-25-29-45-96-135-127-103-119(129(137-98-47-31-27-23-19-15-11-7-3)101-117(127)84-76-107-66-60-105(61-67-107)64-70-109-72-80-113(81-73-109)115-88-92-125(93-89-115)131(133,121-52-37-33-38-53-121)122-54-39-34-40-55-122)86-78-111-50-49-51-112(100-111)79-87-120-104-128(136-97-46-30-26-22-18-14-10-6-2)118(102-130(120)138-99-48-32-28-24-20-16-12-8-4)85-77-108-68-62-106(63-69-108)65-71-110-74-82-114(83-75-110)116-90-94-126(95-91-116)132(134,123-56-41-35-42-57-123)124-58-43-36-44-59-124/h33-44,49-63,66-69,72-75,80-83,88-95,100-104,133-134H,5-32,45-48,96-99H2,1-4H3. The van der Waals surface area contributed by atoms with Crippen LogP contribution in [0.3, 0.4) is 0 Å². The Morgan fingerprint density at radius 1 is 0.174 bits per heavy atom. The monoisotopic (exact) mass is 1820 g/mol. The van der Waals surface area contributed by atoms with Gasteiger partial charge in [0.15, 0.2) is 0 Å². The Labute approximate surface area is 826 Å². The third-order valence-corrected chi connectivity index (χ3v) is 25.7. The molecule has 6 heteroatoms. The van der Waals surface area contributed by atoms with Gasteiger partial charge in [0.05, 0.1) is 48.7 Å². The Balaban J connectivity index is 0.745. The second-order valence-electron chi connectivity index (χ2n) is 36.4. The van der Waals surface area contributed by atoms with E-state index in [1.807, 2.05) is 237 Å². The zero-order valence-corrected chi connectivity index (χ0v) is 82.0. The third-order valence-electron chi connectivity index (χ3n) is 25.7. The summed E-state index contributed by atoms with van der Waals surface area (Å²) in [5.41, 5.74) is 16.4. The Morgan fingerprint density at radius 2 is 0.355 bits per heavy atom. The van der Waals surface area contributed by atoms with E-state index < -0.39 is 11.2 Å². The van der Waals surface area contributed by atoms with E-state index in [-0.39, 0.29) is 0 Å². The van der Waals surface area contributed by atoms with Crippen LogP contribution < -0.4 is 18.9 Å². The minimum absolute atomic E-state index is 0.560. The average Bonchev–Trinajstić information content (AvgIpc) is 0.768. The molecule has 702 valence electrons. The van der Waals surface area contributed by atoms with Crippen LogP contribution in [0.4, 0.5) is 0 Å². The number of hydrogen-bond donors (Lipinski definition) is 2. The van der Waals surface area contributed by atoms with Crippen molar-refractivity contribution in [3.05, 3.63) is 416 Å². The van der Waals surface area contributed by atoms with Crippen molar-refractivity contribution in [2.75, 3.05) is 26.4 Å². The molecule has 13 aromatic carbocycles. The van der Waals surface area contributed by atoms with Gasteiger partial charge in [-0.1, -0.05) is 479 Å². The van der Waals surface area contributed by atoms with E-state index in [0.717, 1.165) is 174 Å². The first-order chi connectivity index (χ1) is 68.1. The van der Waals surface area contributed by atoms with Crippen molar-refractivity contribution in [2.24, 2.45) is 0 Å². The molecule has 0 heterocycles. The van der Waals surface area contributed by atoms with E-state index in [1.54, 1.807) is 0 Å². The molecule has 0 aliphatic heterocycles. The summed E-state index contributed by atoms with van der Waals surface area (Å²) in [7, 11) is 0. The lowest BCUT2D eigenvalue weighted by atomic mass is 9.80. The molecule has 0 aliphatic carbocycles. The number of benzene rings is 13. The Hall–Kier alpha value is -13.7. The molecule has 0 aromatic heterocycles. The number of rotatable bonds is 48. The summed E-state index contributed by atoms with van der Waals surface area (Å²) in [6, 6.07) is 105. The molecule has 0 amide bonds. The summed E-state index contributed by atoms with van der Waals surface area (Å²) in [5.74, 6) is 44.6. The summed E-state index contributed by atoms with van der Waals surface area (Å²) in [4.78, 5) is 0. The molecule has 0 atom stereocenters. The fourth-order valence-electron chi connectivity index (χ4n) is 17.5. The topological polar surface area (TPSA) is 77.4 Å². The van der Waals surface area contributed by atoms with Crippen LogP contribution >= 0.6 is 0 Å². The van der Waals surface area contributed by atoms with Crippen molar-refractivity contribution < 1.29 is 29.2 Å². The van der Waals surface area contributed by atoms with Crippen LogP contribution in [0.25, 0.3) is 22.3 Å².